The Balaban J connectivity index is 4.07. The van der Waals surface area contributed by atoms with Crippen LogP contribution in [0.3, 0.4) is 0 Å². The number of carbonyl (C=O) groups is 2. The summed E-state index contributed by atoms with van der Waals surface area (Å²) in [4.78, 5) is 24.1. The highest BCUT2D eigenvalue weighted by Crippen LogP contribution is 2.33. The van der Waals surface area contributed by atoms with Crippen LogP contribution < -0.4 is 0 Å². The molecule has 0 saturated heterocycles. The number of aliphatic hydroxyl groups excluding tert-OH is 2. The maximum atomic E-state index is 12.1. The second-order valence-electron chi connectivity index (χ2n) is 8.52. The van der Waals surface area contributed by atoms with Crippen LogP contribution in [0.1, 0.15) is 91.4 Å². The molecule has 2 N–H and O–H groups in total. The van der Waals surface area contributed by atoms with Gasteiger partial charge in [-0.25, -0.2) is 0 Å². The van der Waals surface area contributed by atoms with Crippen molar-refractivity contribution in [2.24, 2.45) is 11.3 Å². The third-order valence-corrected chi connectivity index (χ3v) is 4.97. The standard InChI is InChI=1S/C22H42O6/c1-22(2,3)19(18-21(26)28-17-11-7-5-9-15-24)12-13-20(25)27-16-10-6-4-8-14-23/h19,23-24H,4-18H2,1-3H3. The van der Waals surface area contributed by atoms with Gasteiger partial charge >= 0.3 is 11.9 Å². The molecule has 1 atom stereocenters. The Labute approximate surface area is 171 Å². The molecule has 0 aromatic carbocycles. The Morgan fingerprint density at radius 2 is 1.21 bits per heavy atom. The normalized spacial score (nSPS) is 12.6. The van der Waals surface area contributed by atoms with E-state index in [0.29, 0.717) is 32.5 Å². The summed E-state index contributed by atoms with van der Waals surface area (Å²) < 4.78 is 10.6. The van der Waals surface area contributed by atoms with Gasteiger partial charge in [0.2, 0.25) is 0 Å². The molecule has 0 rings (SSSR count). The molecule has 6 heteroatoms. The highest BCUT2D eigenvalue weighted by atomic mass is 16.5. The first kappa shape index (κ1) is 26.9. The molecule has 0 aromatic rings. The van der Waals surface area contributed by atoms with Crippen molar-refractivity contribution in [2.45, 2.75) is 91.4 Å². The van der Waals surface area contributed by atoms with E-state index in [0.717, 1.165) is 51.4 Å². The third-order valence-electron chi connectivity index (χ3n) is 4.97. The van der Waals surface area contributed by atoms with Crippen molar-refractivity contribution in [3.8, 4) is 0 Å². The van der Waals surface area contributed by atoms with Crippen molar-refractivity contribution in [3.63, 3.8) is 0 Å². The van der Waals surface area contributed by atoms with Crippen molar-refractivity contribution in [3.05, 3.63) is 0 Å². The fraction of sp³-hybridized carbons (Fsp3) is 0.909. The molecule has 166 valence electrons. The summed E-state index contributed by atoms with van der Waals surface area (Å²) in [5.41, 5.74) is -0.0925. The van der Waals surface area contributed by atoms with Crippen LogP contribution in [-0.2, 0) is 19.1 Å². The Kier molecular flexibility index (Phi) is 16.1. The van der Waals surface area contributed by atoms with Crippen LogP contribution in [0.25, 0.3) is 0 Å². The molecule has 0 radical (unpaired) electrons. The molecule has 28 heavy (non-hydrogen) atoms. The number of ether oxygens (including phenoxy) is 2. The molecule has 1 unspecified atom stereocenters. The third kappa shape index (κ3) is 15.9. The molecule has 0 aliphatic rings. The zero-order valence-corrected chi connectivity index (χ0v) is 18.2. The van der Waals surface area contributed by atoms with Gasteiger partial charge in [0.25, 0.3) is 0 Å². The van der Waals surface area contributed by atoms with Gasteiger partial charge in [0, 0.05) is 26.1 Å². The molecule has 0 aliphatic heterocycles. The lowest BCUT2D eigenvalue weighted by atomic mass is 9.76. The van der Waals surface area contributed by atoms with Crippen LogP contribution in [-0.4, -0.2) is 48.6 Å². The lowest BCUT2D eigenvalue weighted by Crippen LogP contribution is -2.25. The lowest BCUT2D eigenvalue weighted by Gasteiger charge is -2.29. The molecular weight excluding hydrogens is 360 g/mol. The molecule has 0 aromatic heterocycles. The van der Waals surface area contributed by atoms with E-state index in [1.54, 1.807) is 0 Å². The summed E-state index contributed by atoms with van der Waals surface area (Å²) >= 11 is 0. The zero-order valence-electron chi connectivity index (χ0n) is 18.2. The van der Waals surface area contributed by atoms with Gasteiger partial charge < -0.3 is 19.7 Å². The summed E-state index contributed by atoms with van der Waals surface area (Å²) in [5, 5.41) is 17.5. The van der Waals surface area contributed by atoms with Gasteiger partial charge in [-0.15, -0.1) is 0 Å². The number of hydrogen-bond donors (Lipinski definition) is 2. The maximum Gasteiger partial charge on any atom is 0.306 e. The van der Waals surface area contributed by atoms with E-state index in [1.165, 1.54) is 0 Å². The Hall–Kier alpha value is -1.14. The zero-order chi connectivity index (χ0) is 21.3. The van der Waals surface area contributed by atoms with Gasteiger partial charge in [0.05, 0.1) is 13.2 Å². The van der Waals surface area contributed by atoms with Gasteiger partial charge in [-0.2, -0.15) is 0 Å². The number of esters is 2. The number of carbonyl (C=O) groups excluding carboxylic acids is 2. The van der Waals surface area contributed by atoms with Crippen LogP contribution in [0.5, 0.6) is 0 Å². The van der Waals surface area contributed by atoms with E-state index in [2.05, 4.69) is 20.8 Å². The van der Waals surface area contributed by atoms with E-state index in [-0.39, 0.29) is 36.5 Å². The van der Waals surface area contributed by atoms with Crippen molar-refractivity contribution in [1.29, 1.82) is 0 Å². The molecule has 6 nitrogen and oxygen atoms in total. The second kappa shape index (κ2) is 16.8. The minimum Gasteiger partial charge on any atom is -0.466 e. The minimum absolute atomic E-state index is 0.0616. The quantitative estimate of drug-likeness (QED) is 0.282. The predicted molar refractivity (Wildman–Crippen MR) is 110 cm³/mol. The fourth-order valence-corrected chi connectivity index (χ4v) is 2.97. The molecule has 0 amide bonds. The lowest BCUT2D eigenvalue weighted by molar-refractivity contribution is -0.148. The average Bonchev–Trinajstić information content (AvgIpc) is 2.63. The van der Waals surface area contributed by atoms with Crippen LogP contribution in [0.15, 0.2) is 0 Å². The molecule has 0 bridgehead atoms. The van der Waals surface area contributed by atoms with Gasteiger partial charge in [-0.1, -0.05) is 33.6 Å². The maximum absolute atomic E-state index is 12.1. The van der Waals surface area contributed by atoms with Crippen molar-refractivity contribution >= 4 is 11.9 Å². The van der Waals surface area contributed by atoms with E-state index < -0.39 is 0 Å². The molecular formula is C22H42O6. The van der Waals surface area contributed by atoms with Crippen LogP contribution in [0, 0.1) is 11.3 Å². The average molecular weight is 403 g/mol. The first-order chi connectivity index (χ1) is 13.3. The molecule has 0 saturated carbocycles. The van der Waals surface area contributed by atoms with E-state index in [1.807, 2.05) is 0 Å². The SMILES string of the molecule is CC(C)(C)C(CCC(=O)OCCCCCCO)CC(=O)OCCCCCCO. The highest BCUT2D eigenvalue weighted by Gasteiger charge is 2.28. The molecule has 0 fully saturated rings. The number of rotatable bonds is 17. The highest BCUT2D eigenvalue weighted by molar-refractivity contribution is 5.71. The Morgan fingerprint density at radius 3 is 1.68 bits per heavy atom. The predicted octanol–water partition coefficient (Wildman–Crippen LogP) is 4.01. The first-order valence-corrected chi connectivity index (χ1v) is 10.8. The van der Waals surface area contributed by atoms with Gasteiger partial charge in [0.15, 0.2) is 0 Å². The van der Waals surface area contributed by atoms with Gasteiger partial charge in [-0.3, -0.25) is 9.59 Å². The molecule has 0 heterocycles. The molecule has 0 spiro atoms. The smallest absolute Gasteiger partial charge is 0.306 e. The fourth-order valence-electron chi connectivity index (χ4n) is 2.97. The van der Waals surface area contributed by atoms with Crippen molar-refractivity contribution in [2.75, 3.05) is 26.4 Å². The number of hydrogen-bond acceptors (Lipinski definition) is 6. The Morgan fingerprint density at radius 1 is 0.750 bits per heavy atom. The van der Waals surface area contributed by atoms with E-state index in [9.17, 15) is 9.59 Å². The van der Waals surface area contributed by atoms with Crippen LogP contribution in [0.4, 0.5) is 0 Å². The minimum atomic E-state index is -0.214. The summed E-state index contributed by atoms with van der Waals surface area (Å²) in [5.74, 6) is -0.362. The Bertz CT molecular complexity index is 402. The summed E-state index contributed by atoms with van der Waals surface area (Å²) in [6, 6.07) is 0. The van der Waals surface area contributed by atoms with Crippen LogP contribution >= 0.6 is 0 Å². The molecule has 0 aliphatic carbocycles. The van der Waals surface area contributed by atoms with Crippen molar-refractivity contribution in [1.82, 2.24) is 0 Å². The van der Waals surface area contributed by atoms with Gasteiger partial charge in [-0.05, 0) is 56.3 Å². The topological polar surface area (TPSA) is 93.1 Å². The number of aliphatic hydroxyl groups is 2. The summed E-state index contributed by atoms with van der Waals surface area (Å²) in [6.07, 6.45) is 8.24. The number of unbranched alkanes of at least 4 members (excludes halogenated alkanes) is 6. The van der Waals surface area contributed by atoms with Crippen molar-refractivity contribution < 1.29 is 29.3 Å². The first-order valence-electron chi connectivity index (χ1n) is 10.8. The largest absolute Gasteiger partial charge is 0.466 e. The second-order valence-corrected chi connectivity index (χ2v) is 8.52. The van der Waals surface area contributed by atoms with E-state index >= 15 is 0 Å². The summed E-state index contributed by atoms with van der Waals surface area (Å²) in [7, 11) is 0. The monoisotopic (exact) mass is 402 g/mol. The summed E-state index contributed by atoms with van der Waals surface area (Å²) in [6.45, 7) is 7.48. The van der Waals surface area contributed by atoms with Crippen LogP contribution in [0.2, 0.25) is 0 Å². The van der Waals surface area contributed by atoms with Gasteiger partial charge in [0.1, 0.15) is 0 Å². The van der Waals surface area contributed by atoms with E-state index in [4.69, 9.17) is 19.7 Å².